The third-order valence-corrected chi connectivity index (χ3v) is 3.57. The normalized spacial score (nSPS) is 15.1. The minimum atomic E-state index is -0.486. The molecule has 2 N–H and O–H groups in total. The second-order valence-corrected chi connectivity index (χ2v) is 6.93. The molecule has 1 aromatic rings. The summed E-state index contributed by atoms with van der Waals surface area (Å²) in [5, 5.41) is 6.71. The Morgan fingerprint density at radius 2 is 2.26 bits per heavy atom. The van der Waals surface area contributed by atoms with E-state index in [4.69, 9.17) is 4.74 Å². The highest BCUT2D eigenvalue weighted by molar-refractivity contribution is 5.68. The van der Waals surface area contributed by atoms with E-state index in [1.807, 2.05) is 32.9 Å². The van der Waals surface area contributed by atoms with E-state index in [9.17, 15) is 4.79 Å². The third-order valence-electron chi connectivity index (χ3n) is 3.57. The first-order valence-corrected chi connectivity index (χ1v) is 8.25. The number of ether oxygens (including phenoxy) is 1. The molecule has 1 aromatic heterocycles. The fourth-order valence-electron chi connectivity index (χ4n) is 2.28. The average Bonchev–Trinajstić information content (AvgIpc) is 2.43. The van der Waals surface area contributed by atoms with E-state index in [2.05, 4.69) is 15.6 Å². The maximum absolute atomic E-state index is 12.4. The highest BCUT2D eigenvalue weighted by Crippen LogP contribution is 2.12. The van der Waals surface area contributed by atoms with Crippen LogP contribution in [0.5, 0.6) is 0 Å². The van der Waals surface area contributed by atoms with E-state index < -0.39 is 5.60 Å². The Balaban J connectivity index is 1.85. The first-order valence-electron chi connectivity index (χ1n) is 8.25. The van der Waals surface area contributed by atoms with Crippen LogP contribution in [0.1, 0.15) is 32.8 Å². The van der Waals surface area contributed by atoms with Gasteiger partial charge in [0.15, 0.2) is 0 Å². The van der Waals surface area contributed by atoms with Crippen LogP contribution in [0, 0.1) is 0 Å². The molecular formula is C17H28N4O2. The van der Waals surface area contributed by atoms with Crippen molar-refractivity contribution in [2.75, 3.05) is 26.2 Å². The molecule has 1 fully saturated rings. The molecule has 0 radical (unpaired) electrons. The third kappa shape index (κ3) is 6.54. The van der Waals surface area contributed by atoms with Gasteiger partial charge in [-0.05, 0) is 45.4 Å². The number of aromatic nitrogens is 1. The number of hydrogen-bond acceptors (Lipinski definition) is 5. The molecule has 0 aliphatic carbocycles. The lowest BCUT2D eigenvalue weighted by atomic mass is 10.2. The minimum Gasteiger partial charge on any atom is -0.444 e. The van der Waals surface area contributed by atoms with Crippen molar-refractivity contribution in [1.29, 1.82) is 0 Å². The van der Waals surface area contributed by atoms with Crippen LogP contribution >= 0.6 is 0 Å². The zero-order valence-electron chi connectivity index (χ0n) is 14.3. The summed E-state index contributed by atoms with van der Waals surface area (Å²) in [4.78, 5) is 18.3. The number of nitrogens with one attached hydrogen (secondary N) is 2. The molecule has 2 heterocycles. The lowest BCUT2D eigenvalue weighted by Crippen LogP contribution is -2.55. The summed E-state index contributed by atoms with van der Waals surface area (Å²) < 4.78 is 5.52. The molecule has 0 bridgehead atoms. The number of amides is 1. The van der Waals surface area contributed by atoms with Crippen LogP contribution in [-0.2, 0) is 11.3 Å². The van der Waals surface area contributed by atoms with Crippen molar-refractivity contribution in [3.05, 3.63) is 30.1 Å². The topological polar surface area (TPSA) is 66.5 Å². The van der Waals surface area contributed by atoms with Crippen molar-refractivity contribution in [2.45, 2.75) is 45.4 Å². The van der Waals surface area contributed by atoms with Gasteiger partial charge in [-0.3, -0.25) is 4.98 Å². The molecule has 128 valence electrons. The summed E-state index contributed by atoms with van der Waals surface area (Å²) in [5.41, 5.74) is 0.523. The van der Waals surface area contributed by atoms with Gasteiger partial charge in [0.25, 0.3) is 0 Å². The fourth-order valence-corrected chi connectivity index (χ4v) is 2.28. The van der Waals surface area contributed by atoms with Gasteiger partial charge in [-0.2, -0.15) is 0 Å². The summed E-state index contributed by atoms with van der Waals surface area (Å²) in [5.74, 6) is 0. The van der Waals surface area contributed by atoms with Crippen molar-refractivity contribution in [3.63, 3.8) is 0 Å². The highest BCUT2D eigenvalue weighted by Gasteiger charge is 2.22. The largest absolute Gasteiger partial charge is 0.444 e. The van der Waals surface area contributed by atoms with E-state index in [1.165, 1.54) is 0 Å². The van der Waals surface area contributed by atoms with E-state index in [-0.39, 0.29) is 6.09 Å². The van der Waals surface area contributed by atoms with Gasteiger partial charge in [-0.25, -0.2) is 4.79 Å². The number of rotatable bonds is 7. The van der Waals surface area contributed by atoms with E-state index in [0.717, 1.165) is 31.6 Å². The number of nitrogens with zero attached hydrogens (tertiary/aromatic N) is 2. The Kier molecular flexibility index (Phi) is 6.36. The van der Waals surface area contributed by atoms with E-state index in [0.29, 0.717) is 19.1 Å². The maximum atomic E-state index is 12.4. The molecule has 1 aliphatic heterocycles. The molecule has 1 amide bonds. The number of carbonyl (C=O) groups excluding carboxylic acids is 1. The van der Waals surface area contributed by atoms with Gasteiger partial charge in [0.05, 0.1) is 6.54 Å². The quantitative estimate of drug-likeness (QED) is 0.750. The predicted octanol–water partition coefficient (Wildman–Crippen LogP) is 1.77. The zero-order valence-corrected chi connectivity index (χ0v) is 14.3. The molecule has 6 heteroatoms. The molecular weight excluding hydrogens is 292 g/mol. The second kappa shape index (κ2) is 8.26. The summed E-state index contributed by atoms with van der Waals surface area (Å²) in [7, 11) is 0. The van der Waals surface area contributed by atoms with Gasteiger partial charge in [0, 0.05) is 38.1 Å². The smallest absolute Gasteiger partial charge is 0.410 e. The van der Waals surface area contributed by atoms with Crippen LogP contribution in [0.25, 0.3) is 0 Å². The van der Waals surface area contributed by atoms with Gasteiger partial charge in [0.2, 0.25) is 0 Å². The number of hydrogen-bond donors (Lipinski definition) is 2. The highest BCUT2D eigenvalue weighted by atomic mass is 16.6. The van der Waals surface area contributed by atoms with Gasteiger partial charge in [-0.15, -0.1) is 0 Å². The van der Waals surface area contributed by atoms with Gasteiger partial charge < -0.3 is 20.3 Å². The Labute approximate surface area is 138 Å². The lowest BCUT2D eigenvalue weighted by Gasteiger charge is -2.29. The minimum absolute atomic E-state index is 0.272. The molecule has 0 aromatic carbocycles. The average molecular weight is 320 g/mol. The van der Waals surface area contributed by atoms with Crippen molar-refractivity contribution < 1.29 is 9.53 Å². The van der Waals surface area contributed by atoms with Gasteiger partial charge in [0.1, 0.15) is 5.60 Å². The first-order chi connectivity index (χ1) is 10.9. The Hall–Kier alpha value is -1.66. The van der Waals surface area contributed by atoms with Crippen LogP contribution < -0.4 is 10.6 Å². The van der Waals surface area contributed by atoms with Crippen LogP contribution in [0.2, 0.25) is 0 Å². The molecule has 1 aliphatic rings. The Morgan fingerprint density at radius 3 is 2.83 bits per heavy atom. The van der Waals surface area contributed by atoms with Gasteiger partial charge >= 0.3 is 6.09 Å². The Morgan fingerprint density at radius 1 is 1.48 bits per heavy atom. The molecule has 0 unspecified atom stereocenters. The molecule has 1 saturated heterocycles. The van der Waals surface area contributed by atoms with Crippen molar-refractivity contribution in [3.8, 4) is 0 Å². The van der Waals surface area contributed by atoms with Crippen LogP contribution in [0.4, 0.5) is 4.79 Å². The maximum Gasteiger partial charge on any atom is 0.410 e. The summed E-state index contributed by atoms with van der Waals surface area (Å²) in [6.45, 7) is 9.81. The number of pyridine rings is 1. The Bertz CT molecular complexity index is 483. The summed E-state index contributed by atoms with van der Waals surface area (Å²) >= 11 is 0. The molecule has 23 heavy (non-hydrogen) atoms. The van der Waals surface area contributed by atoms with Crippen molar-refractivity contribution in [2.24, 2.45) is 0 Å². The number of carbonyl (C=O) groups is 1. The predicted molar refractivity (Wildman–Crippen MR) is 90.2 cm³/mol. The van der Waals surface area contributed by atoms with Crippen LogP contribution in [0.3, 0.4) is 0 Å². The molecule has 2 rings (SSSR count). The van der Waals surface area contributed by atoms with E-state index in [1.54, 1.807) is 17.3 Å². The lowest BCUT2D eigenvalue weighted by molar-refractivity contribution is 0.0231. The van der Waals surface area contributed by atoms with Crippen molar-refractivity contribution in [1.82, 2.24) is 20.5 Å². The monoisotopic (exact) mass is 320 g/mol. The molecule has 0 saturated carbocycles. The molecule has 0 spiro atoms. The first kappa shape index (κ1) is 17.7. The van der Waals surface area contributed by atoms with Crippen molar-refractivity contribution >= 4 is 6.09 Å². The van der Waals surface area contributed by atoms with E-state index >= 15 is 0 Å². The fraction of sp³-hybridized carbons (Fsp3) is 0.647. The zero-order chi connectivity index (χ0) is 16.7. The summed E-state index contributed by atoms with van der Waals surface area (Å²) in [6, 6.07) is 4.43. The SMILES string of the molecule is CC(C)(C)OC(=O)N(CCCNC1CNC1)Cc1cccnc1. The molecule has 6 nitrogen and oxygen atoms in total. The second-order valence-electron chi connectivity index (χ2n) is 6.93. The van der Waals surface area contributed by atoms with Crippen LogP contribution in [0.15, 0.2) is 24.5 Å². The standard InChI is InChI=1S/C17H28N4O2/c1-17(2,3)23-16(22)21(13-14-6-4-7-18-10-14)9-5-8-20-15-11-19-12-15/h4,6-7,10,15,19-20H,5,8-9,11-13H2,1-3H3. The van der Waals surface area contributed by atoms with Crippen LogP contribution in [-0.4, -0.2) is 53.8 Å². The molecule has 0 atom stereocenters. The van der Waals surface area contributed by atoms with Gasteiger partial charge in [-0.1, -0.05) is 6.07 Å². The summed E-state index contributed by atoms with van der Waals surface area (Å²) in [6.07, 6.45) is 4.15.